The lowest BCUT2D eigenvalue weighted by atomic mass is 9.76. The van der Waals surface area contributed by atoms with Crippen LogP contribution < -0.4 is 10.2 Å². The smallest absolute Gasteiger partial charge is 0.262 e. The summed E-state index contributed by atoms with van der Waals surface area (Å²) in [4.78, 5) is 21.2. The maximum absolute atomic E-state index is 12.3. The second kappa shape index (κ2) is 8.14. The van der Waals surface area contributed by atoms with Gasteiger partial charge in [0.15, 0.2) is 0 Å². The van der Waals surface area contributed by atoms with E-state index in [1.807, 2.05) is 0 Å². The van der Waals surface area contributed by atoms with E-state index in [2.05, 4.69) is 13.2 Å². The summed E-state index contributed by atoms with van der Waals surface area (Å²) < 4.78 is 0. The van der Waals surface area contributed by atoms with Gasteiger partial charge in [-0.1, -0.05) is 38.1 Å². The van der Waals surface area contributed by atoms with Crippen LogP contribution in [0.25, 0.3) is 0 Å². The summed E-state index contributed by atoms with van der Waals surface area (Å²) in [6.07, 6.45) is 3.23. The van der Waals surface area contributed by atoms with E-state index in [0.717, 1.165) is 0 Å². The van der Waals surface area contributed by atoms with Crippen LogP contribution in [-0.4, -0.2) is 9.85 Å². The lowest BCUT2D eigenvalue weighted by molar-refractivity contribution is -0.398. The lowest BCUT2D eigenvalue weighted by Crippen LogP contribution is -2.21. The van der Waals surface area contributed by atoms with Crippen molar-refractivity contribution in [2.24, 2.45) is 0 Å². The Morgan fingerprint density at radius 2 is 1.17 bits per heavy atom. The van der Waals surface area contributed by atoms with Crippen molar-refractivity contribution in [3.05, 3.63) is 92.1 Å². The van der Waals surface area contributed by atoms with Gasteiger partial charge in [0, 0.05) is 17.5 Å². The Balaban J connectivity index is 2.78. The topological polar surface area (TPSA) is 132 Å². The van der Waals surface area contributed by atoms with Gasteiger partial charge in [-0.05, 0) is 46.6 Å². The van der Waals surface area contributed by atoms with E-state index in [0.29, 0.717) is 11.1 Å². The van der Waals surface area contributed by atoms with Crippen molar-refractivity contribution in [1.29, 1.82) is 0 Å². The van der Waals surface area contributed by atoms with E-state index in [-0.39, 0.29) is 24.0 Å². The average molecular weight is 396 g/mol. The number of hydrogen-bond acceptors (Lipinski definition) is 6. The molecular weight excluding hydrogens is 376 g/mol. The van der Waals surface area contributed by atoms with Crippen molar-refractivity contribution in [3.8, 4) is 11.5 Å². The molecule has 0 N–H and O–H groups in total. The Morgan fingerprint density at radius 3 is 1.45 bits per heavy atom. The first-order chi connectivity index (χ1) is 13.5. The van der Waals surface area contributed by atoms with Crippen molar-refractivity contribution in [2.45, 2.75) is 32.1 Å². The summed E-state index contributed by atoms with van der Waals surface area (Å²) in [5, 5.41) is 47.3. The molecule has 0 fully saturated rings. The van der Waals surface area contributed by atoms with Crippen LogP contribution in [0.4, 0.5) is 11.4 Å². The maximum Gasteiger partial charge on any atom is 0.262 e. The summed E-state index contributed by atoms with van der Waals surface area (Å²) in [5.41, 5.74) is -0.835. The maximum atomic E-state index is 12.3. The van der Waals surface area contributed by atoms with Crippen molar-refractivity contribution < 1.29 is 20.1 Å². The Labute approximate surface area is 167 Å². The fourth-order valence-corrected chi connectivity index (χ4v) is 3.12. The first kappa shape index (κ1) is 21.6. The molecule has 152 valence electrons. The van der Waals surface area contributed by atoms with Gasteiger partial charge in [0.05, 0.1) is 9.85 Å². The molecule has 8 heteroatoms. The molecule has 2 rings (SSSR count). The summed E-state index contributed by atoms with van der Waals surface area (Å²) >= 11 is 0. The molecule has 0 spiro atoms. The third-order valence-corrected chi connectivity index (χ3v) is 4.86. The van der Waals surface area contributed by atoms with Crippen molar-refractivity contribution in [2.75, 3.05) is 0 Å². The summed E-state index contributed by atoms with van der Waals surface area (Å²) in [5.74, 6) is -1.38. The third kappa shape index (κ3) is 4.11. The molecular formula is C21H20N2O6-2. The second-order valence-corrected chi connectivity index (χ2v) is 7.09. The van der Waals surface area contributed by atoms with E-state index < -0.39 is 38.1 Å². The van der Waals surface area contributed by atoms with Crippen LogP contribution in [0.2, 0.25) is 0 Å². The minimum Gasteiger partial charge on any atom is -0.868 e. The van der Waals surface area contributed by atoms with E-state index in [4.69, 9.17) is 0 Å². The van der Waals surface area contributed by atoms with Crippen LogP contribution in [0.5, 0.6) is 11.5 Å². The van der Waals surface area contributed by atoms with Crippen LogP contribution in [0, 0.1) is 20.2 Å². The fraction of sp³-hybridized carbons (Fsp3) is 0.238. The number of allylic oxidation sites excluding steroid dienone is 2. The monoisotopic (exact) mass is 396 g/mol. The molecule has 0 radical (unpaired) electrons. The molecule has 0 amide bonds. The molecule has 29 heavy (non-hydrogen) atoms. The third-order valence-electron chi connectivity index (χ3n) is 4.86. The van der Waals surface area contributed by atoms with Gasteiger partial charge < -0.3 is 10.2 Å². The molecule has 0 aliphatic rings. The Kier molecular flexibility index (Phi) is 6.06. The molecule has 2 aromatic carbocycles. The number of rotatable bonds is 8. The zero-order valence-corrected chi connectivity index (χ0v) is 16.1. The molecule has 0 aliphatic heterocycles. The number of nitro groups is 2. The molecule has 0 saturated carbocycles. The SMILES string of the molecule is C=CCc1cc(C(C)(C)c2cc(CC=C)c([O-])c([N+](=O)[O-])c2)cc([N+](=O)[O-])c1[O-]. The van der Waals surface area contributed by atoms with Gasteiger partial charge in [-0.15, -0.1) is 13.2 Å². The summed E-state index contributed by atoms with van der Waals surface area (Å²) in [6, 6.07) is 5.44. The van der Waals surface area contributed by atoms with Crippen LogP contribution in [-0.2, 0) is 18.3 Å². The van der Waals surface area contributed by atoms with Crippen molar-refractivity contribution in [1.82, 2.24) is 0 Å². The molecule has 0 unspecified atom stereocenters. The first-order valence-electron chi connectivity index (χ1n) is 8.74. The highest BCUT2D eigenvalue weighted by Gasteiger charge is 2.29. The molecule has 0 bridgehead atoms. The Morgan fingerprint density at radius 1 is 0.828 bits per heavy atom. The quantitative estimate of drug-likeness (QED) is 0.381. The fourth-order valence-electron chi connectivity index (χ4n) is 3.12. The van der Waals surface area contributed by atoms with Gasteiger partial charge in [0.2, 0.25) is 0 Å². The van der Waals surface area contributed by atoms with Gasteiger partial charge in [0.25, 0.3) is 11.4 Å². The van der Waals surface area contributed by atoms with Crippen LogP contribution in [0.15, 0.2) is 49.6 Å². The zero-order valence-electron chi connectivity index (χ0n) is 16.1. The van der Waals surface area contributed by atoms with Gasteiger partial charge in [-0.25, -0.2) is 0 Å². The number of nitrogens with zero attached hydrogens (tertiary/aromatic N) is 2. The predicted octanol–water partition coefficient (Wildman–Crippen LogP) is 3.43. The van der Waals surface area contributed by atoms with Gasteiger partial charge in [-0.3, -0.25) is 20.2 Å². The van der Waals surface area contributed by atoms with Crippen LogP contribution in [0.3, 0.4) is 0 Å². The Hall–Kier alpha value is -3.68. The molecule has 2 aromatic rings. The molecule has 8 nitrogen and oxygen atoms in total. The summed E-state index contributed by atoms with van der Waals surface area (Å²) in [7, 11) is 0. The highest BCUT2D eigenvalue weighted by atomic mass is 16.6. The van der Waals surface area contributed by atoms with Crippen molar-refractivity contribution in [3.63, 3.8) is 0 Å². The van der Waals surface area contributed by atoms with E-state index in [1.54, 1.807) is 26.0 Å². The largest absolute Gasteiger partial charge is 0.868 e. The normalized spacial score (nSPS) is 11.1. The van der Waals surface area contributed by atoms with Gasteiger partial charge in [-0.2, -0.15) is 0 Å². The standard InChI is InChI=1S/C21H22N2O6/c1-5-7-13-9-15(11-17(19(13)24)22(26)27)21(3,4)16-10-14(8-6-2)20(25)18(12-16)23(28)29/h5-6,9-12,24-25H,1-2,7-8H2,3-4H3/p-2. The number of benzene rings is 2. The van der Waals surface area contributed by atoms with Gasteiger partial charge >= 0.3 is 0 Å². The minimum absolute atomic E-state index is 0.144. The first-order valence-corrected chi connectivity index (χ1v) is 8.74. The second-order valence-electron chi connectivity index (χ2n) is 7.09. The van der Waals surface area contributed by atoms with Crippen LogP contribution in [0.1, 0.15) is 36.1 Å². The number of hydrogen-bond donors (Lipinski definition) is 0. The van der Waals surface area contributed by atoms with Crippen LogP contribution >= 0.6 is 0 Å². The predicted molar refractivity (Wildman–Crippen MR) is 105 cm³/mol. The molecule has 0 aliphatic carbocycles. The lowest BCUT2D eigenvalue weighted by Gasteiger charge is -2.29. The summed E-state index contributed by atoms with van der Waals surface area (Å²) in [6.45, 7) is 10.6. The van der Waals surface area contributed by atoms with Gasteiger partial charge in [0.1, 0.15) is 0 Å². The molecule has 0 heterocycles. The number of nitro benzene ring substituents is 2. The highest BCUT2D eigenvalue weighted by molar-refractivity contribution is 5.59. The van der Waals surface area contributed by atoms with Crippen molar-refractivity contribution >= 4 is 11.4 Å². The molecule has 0 aromatic heterocycles. The minimum atomic E-state index is -0.956. The molecule has 0 saturated heterocycles. The zero-order chi connectivity index (χ0) is 21.9. The van der Waals surface area contributed by atoms with E-state index in [1.165, 1.54) is 24.3 Å². The van der Waals surface area contributed by atoms with E-state index >= 15 is 0 Å². The highest BCUT2D eigenvalue weighted by Crippen LogP contribution is 2.41. The van der Waals surface area contributed by atoms with E-state index in [9.17, 15) is 30.4 Å². The Bertz CT molecular complexity index is 931. The average Bonchev–Trinajstić information content (AvgIpc) is 2.64. The molecule has 0 atom stereocenters.